The second-order valence-electron chi connectivity index (χ2n) is 5.49. The van der Waals surface area contributed by atoms with Crippen molar-refractivity contribution in [3.63, 3.8) is 0 Å². The van der Waals surface area contributed by atoms with E-state index in [0.717, 1.165) is 23.4 Å². The molecule has 1 heterocycles. The highest BCUT2D eigenvalue weighted by molar-refractivity contribution is 5.72. The summed E-state index contributed by atoms with van der Waals surface area (Å²) >= 11 is 0. The van der Waals surface area contributed by atoms with Crippen molar-refractivity contribution in [2.24, 2.45) is 7.05 Å². The van der Waals surface area contributed by atoms with Gasteiger partial charge in [-0.15, -0.1) is 0 Å². The van der Waals surface area contributed by atoms with E-state index in [4.69, 9.17) is 0 Å². The molecule has 2 rings (SSSR count). The van der Waals surface area contributed by atoms with E-state index in [9.17, 15) is 4.79 Å². The Bertz CT molecular complexity index is 614. The molecule has 0 aliphatic heterocycles. The molecule has 1 N–H and O–H groups in total. The number of aryl methyl sites for hydroxylation is 1. The number of amides is 1. The molecule has 1 aromatic carbocycles. The predicted molar refractivity (Wildman–Crippen MR) is 83.6 cm³/mol. The molecule has 0 aliphatic rings. The Morgan fingerprint density at radius 3 is 2.52 bits per heavy atom. The molecule has 0 saturated heterocycles. The molecule has 1 amide bonds. The summed E-state index contributed by atoms with van der Waals surface area (Å²) in [7, 11) is 6.06. The lowest BCUT2D eigenvalue weighted by Gasteiger charge is -2.08. The quantitative estimate of drug-likeness (QED) is 0.911. The van der Waals surface area contributed by atoms with E-state index < -0.39 is 0 Å². The van der Waals surface area contributed by atoms with Crippen LogP contribution in [0.1, 0.15) is 18.2 Å². The van der Waals surface area contributed by atoms with Gasteiger partial charge in [0.25, 0.3) is 0 Å². The number of aromatic nitrogens is 2. The average molecular weight is 286 g/mol. The van der Waals surface area contributed by atoms with E-state index in [2.05, 4.69) is 21.4 Å². The van der Waals surface area contributed by atoms with Crippen molar-refractivity contribution < 1.29 is 4.79 Å². The van der Waals surface area contributed by atoms with Crippen LogP contribution in [-0.4, -0.2) is 34.7 Å². The van der Waals surface area contributed by atoms with E-state index in [-0.39, 0.29) is 5.91 Å². The summed E-state index contributed by atoms with van der Waals surface area (Å²) in [6.07, 6.45) is 0. The van der Waals surface area contributed by atoms with Crippen LogP contribution in [0.3, 0.4) is 0 Å². The number of carbonyl (C=O) groups is 1. The molecule has 0 aliphatic carbocycles. The van der Waals surface area contributed by atoms with Crippen molar-refractivity contribution in [2.75, 3.05) is 14.1 Å². The minimum absolute atomic E-state index is 0.0165. The maximum absolute atomic E-state index is 10.9. The zero-order valence-electron chi connectivity index (χ0n) is 13.1. The highest BCUT2D eigenvalue weighted by Crippen LogP contribution is 2.20. The van der Waals surface area contributed by atoms with Crippen LogP contribution in [0.5, 0.6) is 0 Å². The third kappa shape index (κ3) is 4.16. The molecule has 5 nitrogen and oxygen atoms in total. The van der Waals surface area contributed by atoms with Crippen LogP contribution in [0.4, 0.5) is 0 Å². The first kappa shape index (κ1) is 15.3. The molecular formula is C16H22N4O. The molecule has 1 aromatic heterocycles. The van der Waals surface area contributed by atoms with Gasteiger partial charge in [0.05, 0.1) is 11.4 Å². The van der Waals surface area contributed by atoms with Gasteiger partial charge >= 0.3 is 0 Å². The van der Waals surface area contributed by atoms with Gasteiger partial charge in [-0.25, -0.2) is 0 Å². The van der Waals surface area contributed by atoms with Gasteiger partial charge in [-0.2, -0.15) is 5.10 Å². The van der Waals surface area contributed by atoms with Crippen molar-refractivity contribution >= 4 is 5.91 Å². The average Bonchev–Trinajstić information content (AvgIpc) is 2.78. The molecule has 0 bridgehead atoms. The smallest absolute Gasteiger partial charge is 0.217 e. The van der Waals surface area contributed by atoms with E-state index in [0.29, 0.717) is 6.54 Å². The third-order valence-corrected chi connectivity index (χ3v) is 3.25. The van der Waals surface area contributed by atoms with Crippen LogP contribution in [0.15, 0.2) is 30.3 Å². The monoisotopic (exact) mass is 286 g/mol. The van der Waals surface area contributed by atoms with Crippen molar-refractivity contribution in [3.8, 4) is 11.3 Å². The number of nitrogens with zero attached hydrogens (tertiary/aromatic N) is 3. The van der Waals surface area contributed by atoms with E-state index in [1.807, 2.05) is 50.1 Å². The van der Waals surface area contributed by atoms with Crippen LogP contribution >= 0.6 is 0 Å². The van der Waals surface area contributed by atoms with Crippen LogP contribution in [-0.2, 0) is 24.9 Å². The topological polar surface area (TPSA) is 50.2 Å². The first-order chi connectivity index (χ1) is 9.95. The van der Waals surface area contributed by atoms with Gasteiger partial charge in [0, 0.05) is 32.6 Å². The summed E-state index contributed by atoms with van der Waals surface area (Å²) in [5.74, 6) is -0.0165. The second kappa shape index (κ2) is 6.54. The molecule has 21 heavy (non-hydrogen) atoms. The van der Waals surface area contributed by atoms with Gasteiger partial charge in [0.1, 0.15) is 0 Å². The van der Waals surface area contributed by atoms with E-state index >= 15 is 0 Å². The fourth-order valence-electron chi connectivity index (χ4n) is 2.14. The highest BCUT2D eigenvalue weighted by atomic mass is 16.1. The first-order valence-corrected chi connectivity index (χ1v) is 6.97. The molecule has 112 valence electrons. The zero-order chi connectivity index (χ0) is 15.4. The molecule has 0 saturated carbocycles. The van der Waals surface area contributed by atoms with Crippen LogP contribution in [0.2, 0.25) is 0 Å². The van der Waals surface area contributed by atoms with Gasteiger partial charge in [0.2, 0.25) is 5.91 Å². The van der Waals surface area contributed by atoms with Crippen molar-refractivity contribution in [1.82, 2.24) is 20.0 Å². The lowest BCUT2D eigenvalue weighted by atomic mass is 10.1. The van der Waals surface area contributed by atoms with Crippen LogP contribution < -0.4 is 5.32 Å². The lowest BCUT2D eigenvalue weighted by Crippen LogP contribution is -2.18. The molecule has 0 fully saturated rings. The van der Waals surface area contributed by atoms with Crippen LogP contribution in [0, 0.1) is 0 Å². The molecular weight excluding hydrogens is 264 g/mol. The maximum Gasteiger partial charge on any atom is 0.217 e. The molecule has 0 unspecified atom stereocenters. The molecule has 0 spiro atoms. The summed E-state index contributed by atoms with van der Waals surface area (Å²) in [5.41, 5.74) is 4.32. The van der Waals surface area contributed by atoms with Gasteiger partial charge in [0.15, 0.2) is 0 Å². The number of rotatable bonds is 5. The lowest BCUT2D eigenvalue weighted by molar-refractivity contribution is -0.119. The van der Waals surface area contributed by atoms with Gasteiger partial charge in [-0.05, 0) is 25.7 Å². The minimum atomic E-state index is -0.0165. The second-order valence-corrected chi connectivity index (χ2v) is 5.49. The highest BCUT2D eigenvalue weighted by Gasteiger charge is 2.08. The molecule has 5 heteroatoms. The van der Waals surface area contributed by atoms with Gasteiger partial charge in [-0.1, -0.05) is 24.3 Å². The minimum Gasteiger partial charge on any atom is -0.352 e. The Morgan fingerprint density at radius 2 is 1.95 bits per heavy atom. The fraction of sp³-hybridized carbons (Fsp3) is 0.375. The van der Waals surface area contributed by atoms with E-state index in [1.165, 1.54) is 12.6 Å². The normalized spacial score (nSPS) is 10.9. The fourth-order valence-corrected chi connectivity index (χ4v) is 2.14. The van der Waals surface area contributed by atoms with E-state index in [1.54, 1.807) is 0 Å². The Kier molecular flexibility index (Phi) is 4.75. The number of carbonyl (C=O) groups excluding carboxylic acids is 1. The predicted octanol–water partition coefficient (Wildman–Crippen LogP) is 1.78. The Labute approximate surface area is 125 Å². The summed E-state index contributed by atoms with van der Waals surface area (Å²) in [4.78, 5) is 13.0. The number of nitrogens with one attached hydrogen (secondary N) is 1. The standard InChI is InChI=1S/C16H22N4O/c1-12(21)17-10-13-5-7-14(8-6-13)16-9-15(11-19(2)3)20(4)18-16/h5-9H,10-11H2,1-4H3,(H,17,21). The summed E-state index contributed by atoms with van der Waals surface area (Å²) in [6.45, 7) is 2.95. The molecule has 0 radical (unpaired) electrons. The molecule has 2 aromatic rings. The Balaban J connectivity index is 2.13. The number of benzene rings is 1. The van der Waals surface area contributed by atoms with Crippen LogP contribution in [0.25, 0.3) is 11.3 Å². The third-order valence-electron chi connectivity index (χ3n) is 3.25. The largest absolute Gasteiger partial charge is 0.352 e. The number of hydrogen-bond acceptors (Lipinski definition) is 3. The molecule has 0 atom stereocenters. The summed E-state index contributed by atoms with van der Waals surface area (Å²) in [6, 6.07) is 10.2. The van der Waals surface area contributed by atoms with Crippen molar-refractivity contribution in [2.45, 2.75) is 20.0 Å². The zero-order valence-corrected chi connectivity index (χ0v) is 13.1. The van der Waals surface area contributed by atoms with Gasteiger partial charge < -0.3 is 10.2 Å². The first-order valence-electron chi connectivity index (χ1n) is 6.97. The SMILES string of the molecule is CC(=O)NCc1ccc(-c2cc(CN(C)C)n(C)n2)cc1. The maximum atomic E-state index is 10.9. The summed E-state index contributed by atoms with van der Waals surface area (Å²) in [5, 5.41) is 7.35. The Hall–Kier alpha value is -2.14. The van der Waals surface area contributed by atoms with Crippen molar-refractivity contribution in [1.29, 1.82) is 0 Å². The Morgan fingerprint density at radius 1 is 1.29 bits per heavy atom. The number of hydrogen-bond donors (Lipinski definition) is 1. The van der Waals surface area contributed by atoms with Gasteiger partial charge in [-0.3, -0.25) is 9.48 Å². The van der Waals surface area contributed by atoms with Crippen molar-refractivity contribution in [3.05, 3.63) is 41.6 Å². The summed E-state index contributed by atoms with van der Waals surface area (Å²) < 4.78 is 1.92.